The molecule has 1 unspecified atom stereocenters. The van der Waals surface area contributed by atoms with Gasteiger partial charge in [0, 0.05) is 0 Å². The highest BCUT2D eigenvalue weighted by atomic mass is 16.5. The third-order valence-electron chi connectivity index (χ3n) is 4.96. The molecule has 0 heterocycles. The molecule has 2 rings (SSSR count). The van der Waals surface area contributed by atoms with Crippen LogP contribution in [0.15, 0.2) is 48.5 Å². The zero-order chi connectivity index (χ0) is 18.8. The number of carbonyl (C=O) groups is 1. The number of aryl methyl sites for hydroxylation is 1. The van der Waals surface area contributed by atoms with Crippen LogP contribution in [0.1, 0.15) is 69.4 Å². The van der Waals surface area contributed by atoms with Crippen LogP contribution in [0.2, 0.25) is 0 Å². The van der Waals surface area contributed by atoms with Crippen molar-refractivity contribution >= 4 is 5.97 Å². The van der Waals surface area contributed by atoms with Crippen LogP contribution in [0, 0.1) is 6.92 Å². The molecule has 0 saturated heterocycles. The van der Waals surface area contributed by atoms with Gasteiger partial charge in [0.05, 0.1) is 12.5 Å². The Morgan fingerprint density at radius 3 is 2.23 bits per heavy atom. The number of benzene rings is 2. The molecular formula is C24H32O2. The first-order chi connectivity index (χ1) is 12.6. The van der Waals surface area contributed by atoms with E-state index in [1.165, 1.54) is 36.8 Å². The van der Waals surface area contributed by atoms with Gasteiger partial charge in [-0.05, 0) is 42.5 Å². The molecule has 0 aliphatic carbocycles. The SMILES string of the molecule is CCCCCCCCOC(=O)C(C)c1ccccc1-c1ccccc1C. The highest BCUT2D eigenvalue weighted by Gasteiger charge is 2.20. The molecule has 0 N–H and O–H groups in total. The van der Waals surface area contributed by atoms with Gasteiger partial charge in [0.2, 0.25) is 0 Å². The first kappa shape index (κ1) is 20.2. The molecule has 0 bridgehead atoms. The van der Waals surface area contributed by atoms with Crippen molar-refractivity contribution in [2.24, 2.45) is 0 Å². The van der Waals surface area contributed by atoms with E-state index >= 15 is 0 Å². The fraction of sp³-hybridized carbons (Fsp3) is 0.458. The van der Waals surface area contributed by atoms with Gasteiger partial charge in [0.25, 0.3) is 0 Å². The molecule has 0 aliphatic heterocycles. The minimum absolute atomic E-state index is 0.125. The molecule has 0 saturated carbocycles. The summed E-state index contributed by atoms with van der Waals surface area (Å²) in [5.41, 5.74) is 4.55. The van der Waals surface area contributed by atoms with Gasteiger partial charge in [-0.15, -0.1) is 0 Å². The molecule has 26 heavy (non-hydrogen) atoms. The summed E-state index contributed by atoms with van der Waals surface area (Å²) < 4.78 is 5.55. The number of esters is 1. The summed E-state index contributed by atoms with van der Waals surface area (Å²) in [6, 6.07) is 16.5. The maximum atomic E-state index is 12.5. The van der Waals surface area contributed by atoms with Crippen molar-refractivity contribution in [2.75, 3.05) is 6.61 Å². The third-order valence-corrected chi connectivity index (χ3v) is 4.96. The zero-order valence-corrected chi connectivity index (χ0v) is 16.5. The predicted molar refractivity (Wildman–Crippen MR) is 109 cm³/mol. The van der Waals surface area contributed by atoms with Gasteiger partial charge >= 0.3 is 5.97 Å². The maximum Gasteiger partial charge on any atom is 0.313 e. The fourth-order valence-electron chi connectivity index (χ4n) is 3.30. The summed E-state index contributed by atoms with van der Waals surface area (Å²) >= 11 is 0. The second-order valence-corrected chi connectivity index (χ2v) is 7.06. The second-order valence-electron chi connectivity index (χ2n) is 7.06. The van der Waals surface area contributed by atoms with Gasteiger partial charge in [-0.1, -0.05) is 87.6 Å². The first-order valence-electron chi connectivity index (χ1n) is 9.96. The number of carbonyl (C=O) groups excluding carboxylic acids is 1. The van der Waals surface area contributed by atoms with E-state index in [-0.39, 0.29) is 11.9 Å². The second kappa shape index (κ2) is 10.8. The van der Waals surface area contributed by atoms with Crippen LogP contribution in [0.5, 0.6) is 0 Å². The van der Waals surface area contributed by atoms with Gasteiger partial charge < -0.3 is 4.74 Å². The molecule has 2 nitrogen and oxygen atoms in total. The average molecular weight is 353 g/mol. The molecule has 0 aromatic heterocycles. The minimum Gasteiger partial charge on any atom is -0.465 e. The maximum absolute atomic E-state index is 12.5. The predicted octanol–water partition coefficient (Wildman–Crippen LogP) is 6.67. The molecule has 0 aliphatic rings. The Morgan fingerprint density at radius 2 is 1.50 bits per heavy atom. The Labute approximate surface area is 158 Å². The lowest BCUT2D eigenvalue weighted by Gasteiger charge is -2.17. The van der Waals surface area contributed by atoms with E-state index in [0.29, 0.717) is 6.61 Å². The van der Waals surface area contributed by atoms with E-state index < -0.39 is 0 Å². The van der Waals surface area contributed by atoms with Gasteiger partial charge in [0.15, 0.2) is 0 Å². The van der Waals surface area contributed by atoms with Gasteiger partial charge in [-0.25, -0.2) is 0 Å². The molecule has 2 heteroatoms. The first-order valence-corrected chi connectivity index (χ1v) is 9.96. The highest BCUT2D eigenvalue weighted by molar-refractivity contribution is 5.82. The zero-order valence-electron chi connectivity index (χ0n) is 16.5. The van der Waals surface area contributed by atoms with E-state index in [4.69, 9.17) is 4.74 Å². The van der Waals surface area contributed by atoms with Crippen molar-refractivity contribution in [1.29, 1.82) is 0 Å². The molecule has 2 aromatic carbocycles. The van der Waals surface area contributed by atoms with Crippen molar-refractivity contribution in [2.45, 2.75) is 65.2 Å². The monoisotopic (exact) mass is 352 g/mol. The van der Waals surface area contributed by atoms with Gasteiger partial charge in [0.1, 0.15) is 0 Å². The molecule has 1 atom stereocenters. The summed E-state index contributed by atoms with van der Waals surface area (Å²) in [6.45, 7) is 6.80. The number of hydrogen-bond acceptors (Lipinski definition) is 2. The lowest BCUT2D eigenvalue weighted by Crippen LogP contribution is -2.15. The lowest BCUT2D eigenvalue weighted by molar-refractivity contribution is -0.145. The van der Waals surface area contributed by atoms with Crippen LogP contribution in [-0.2, 0) is 9.53 Å². The highest BCUT2D eigenvalue weighted by Crippen LogP contribution is 2.31. The average Bonchev–Trinajstić information content (AvgIpc) is 2.67. The molecule has 2 aromatic rings. The van der Waals surface area contributed by atoms with E-state index in [1.54, 1.807) is 0 Å². The molecule has 0 spiro atoms. The molecular weight excluding hydrogens is 320 g/mol. The topological polar surface area (TPSA) is 26.3 Å². The summed E-state index contributed by atoms with van der Waals surface area (Å²) in [4.78, 5) is 12.5. The number of rotatable bonds is 10. The van der Waals surface area contributed by atoms with Crippen LogP contribution in [0.4, 0.5) is 0 Å². The van der Waals surface area contributed by atoms with Crippen molar-refractivity contribution in [1.82, 2.24) is 0 Å². The number of hydrogen-bond donors (Lipinski definition) is 0. The molecule has 140 valence electrons. The summed E-state index contributed by atoms with van der Waals surface area (Å²) in [5.74, 6) is -0.384. The van der Waals surface area contributed by atoms with Crippen molar-refractivity contribution in [3.8, 4) is 11.1 Å². The normalized spacial score (nSPS) is 12.0. The summed E-state index contributed by atoms with van der Waals surface area (Å²) in [7, 11) is 0. The van der Waals surface area contributed by atoms with E-state index in [1.807, 2.05) is 37.3 Å². The molecule has 0 amide bonds. The lowest BCUT2D eigenvalue weighted by atomic mass is 9.90. The van der Waals surface area contributed by atoms with Crippen LogP contribution in [-0.4, -0.2) is 12.6 Å². The van der Waals surface area contributed by atoms with Crippen molar-refractivity contribution in [3.63, 3.8) is 0 Å². The van der Waals surface area contributed by atoms with Crippen LogP contribution in [0.25, 0.3) is 11.1 Å². The number of ether oxygens (including phenoxy) is 1. The van der Waals surface area contributed by atoms with Crippen LogP contribution >= 0.6 is 0 Å². The standard InChI is InChI=1S/C24H32O2/c1-4-5-6-7-8-13-18-26-24(25)20(3)22-16-11-12-17-23(22)21-15-10-9-14-19(21)2/h9-12,14-17,20H,4-8,13,18H2,1-3H3. The van der Waals surface area contributed by atoms with Crippen LogP contribution in [0.3, 0.4) is 0 Å². The Kier molecular flexibility index (Phi) is 8.40. The van der Waals surface area contributed by atoms with Crippen molar-refractivity contribution < 1.29 is 9.53 Å². The summed E-state index contributed by atoms with van der Waals surface area (Å²) in [5, 5.41) is 0. The third kappa shape index (κ3) is 5.72. The largest absolute Gasteiger partial charge is 0.465 e. The van der Waals surface area contributed by atoms with Crippen LogP contribution < -0.4 is 0 Å². The van der Waals surface area contributed by atoms with E-state index in [2.05, 4.69) is 32.0 Å². The fourth-order valence-corrected chi connectivity index (χ4v) is 3.30. The van der Waals surface area contributed by atoms with E-state index in [9.17, 15) is 4.79 Å². The van der Waals surface area contributed by atoms with Gasteiger partial charge in [-0.3, -0.25) is 4.79 Å². The smallest absolute Gasteiger partial charge is 0.313 e. The molecule has 0 fully saturated rings. The van der Waals surface area contributed by atoms with Crippen molar-refractivity contribution in [3.05, 3.63) is 59.7 Å². The van der Waals surface area contributed by atoms with E-state index in [0.717, 1.165) is 24.0 Å². The Morgan fingerprint density at radius 1 is 0.885 bits per heavy atom. The Balaban J connectivity index is 1.96. The van der Waals surface area contributed by atoms with Gasteiger partial charge in [-0.2, -0.15) is 0 Å². The Hall–Kier alpha value is -2.09. The minimum atomic E-state index is -0.258. The quantitative estimate of drug-likeness (QED) is 0.352. The Bertz CT molecular complexity index is 690. The number of unbranched alkanes of at least 4 members (excludes halogenated alkanes) is 5. The summed E-state index contributed by atoms with van der Waals surface area (Å²) in [6.07, 6.45) is 7.17. The molecule has 0 radical (unpaired) electrons.